The first kappa shape index (κ1) is 35.1. The zero-order chi connectivity index (χ0) is 32.9. The Labute approximate surface area is 272 Å². The van der Waals surface area contributed by atoms with Crippen molar-refractivity contribution in [1.29, 1.82) is 0 Å². The van der Waals surface area contributed by atoms with Crippen molar-refractivity contribution >= 4 is 23.6 Å². The smallest absolute Gasteiger partial charge is 0.245 e. The molecule has 2 aliphatic rings. The molecule has 2 heterocycles. The van der Waals surface area contributed by atoms with E-state index in [-0.39, 0.29) is 24.2 Å². The summed E-state index contributed by atoms with van der Waals surface area (Å²) in [6, 6.07) is 14.5. The molecule has 11 nitrogen and oxygen atoms in total. The van der Waals surface area contributed by atoms with Crippen LogP contribution in [-0.2, 0) is 43.3 Å². The number of amides is 4. The highest BCUT2D eigenvalue weighted by atomic mass is 16.5. The van der Waals surface area contributed by atoms with E-state index in [0.29, 0.717) is 65.1 Å². The average molecular weight is 635 g/mol. The molecule has 46 heavy (non-hydrogen) atoms. The minimum absolute atomic E-state index is 0.0790. The van der Waals surface area contributed by atoms with E-state index in [0.717, 1.165) is 23.1 Å². The molecular formula is C35H50N6O5. The van der Waals surface area contributed by atoms with Crippen molar-refractivity contribution in [1.82, 2.24) is 26.2 Å². The van der Waals surface area contributed by atoms with Gasteiger partial charge in [0.05, 0.1) is 19.3 Å². The molecule has 0 radical (unpaired) electrons. The molecule has 0 saturated carbocycles. The van der Waals surface area contributed by atoms with Crippen LogP contribution in [-0.4, -0.2) is 85.5 Å². The van der Waals surface area contributed by atoms with Gasteiger partial charge in [0.25, 0.3) is 0 Å². The summed E-state index contributed by atoms with van der Waals surface area (Å²) in [4.78, 5) is 56.3. The number of nitrogens with one attached hydrogen (secondary N) is 4. The van der Waals surface area contributed by atoms with Gasteiger partial charge in [-0.2, -0.15) is 0 Å². The first-order valence-corrected chi connectivity index (χ1v) is 16.6. The third kappa shape index (κ3) is 10.4. The van der Waals surface area contributed by atoms with Gasteiger partial charge in [0.2, 0.25) is 23.6 Å². The van der Waals surface area contributed by atoms with Crippen LogP contribution in [0.3, 0.4) is 0 Å². The summed E-state index contributed by atoms with van der Waals surface area (Å²) in [5, 5.41) is 12.1. The molecule has 6 N–H and O–H groups in total. The molecule has 2 aromatic carbocycles. The lowest BCUT2D eigenvalue weighted by atomic mass is 9.95. The number of nitrogens with zero attached hydrogens (tertiary/aromatic N) is 1. The average Bonchev–Trinajstić information content (AvgIpc) is 3.07. The second-order valence-electron chi connectivity index (χ2n) is 12.6. The van der Waals surface area contributed by atoms with Crippen LogP contribution < -0.4 is 27.0 Å². The Balaban J connectivity index is 1.48. The molecule has 4 amide bonds. The van der Waals surface area contributed by atoms with Gasteiger partial charge in [-0.3, -0.25) is 19.2 Å². The van der Waals surface area contributed by atoms with E-state index in [1.165, 1.54) is 0 Å². The van der Waals surface area contributed by atoms with Gasteiger partial charge in [0.1, 0.15) is 18.1 Å². The van der Waals surface area contributed by atoms with Crippen LogP contribution in [0, 0.1) is 5.92 Å². The fraction of sp³-hybridized carbons (Fsp3) is 0.543. The van der Waals surface area contributed by atoms with Gasteiger partial charge >= 0.3 is 0 Å². The van der Waals surface area contributed by atoms with E-state index >= 15 is 0 Å². The van der Waals surface area contributed by atoms with Crippen LogP contribution in [0.1, 0.15) is 56.2 Å². The number of rotatable bonds is 15. The number of benzene rings is 2. The molecule has 0 bridgehead atoms. The molecule has 1 saturated heterocycles. The van der Waals surface area contributed by atoms with Crippen LogP contribution in [0.5, 0.6) is 0 Å². The van der Waals surface area contributed by atoms with E-state index in [2.05, 4.69) is 21.3 Å². The summed E-state index contributed by atoms with van der Waals surface area (Å²) >= 11 is 0. The Morgan fingerprint density at radius 1 is 0.870 bits per heavy atom. The van der Waals surface area contributed by atoms with Gasteiger partial charge in [-0.05, 0) is 61.3 Å². The van der Waals surface area contributed by atoms with Crippen molar-refractivity contribution in [3.05, 3.63) is 71.3 Å². The first-order valence-electron chi connectivity index (χ1n) is 16.6. The zero-order valence-corrected chi connectivity index (χ0v) is 27.1. The summed E-state index contributed by atoms with van der Waals surface area (Å²) in [6.07, 6.45) is 3.01. The number of nitrogens with two attached hydrogens (primary N) is 1. The van der Waals surface area contributed by atoms with Crippen LogP contribution in [0.25, 0.3) is 0 Å². The second kappa shape index (κ2) is 17.8. The third-order valence-corrected chi connectivity index (χ3v) is 8.54. The number of unbranched alkanes of at least 4 members (excludes halogenated alkanes) is 1. The van der Waals surface area contributed by atoms with Crippen LogP contribution in [0.2, 0.25) is 0 Å². The van der Waals surface area contributed by atoms with Crippen molar-refractivity contribution in [2.45, 2.75) is 83.1 Å². The molecule has 2 aromatic rings. The number of ether oxygens (including phenoxy) is 1. The fourth-order valence-electron chi connectivity index (χ4n) is 5.97. The molecular weight excluding hydrogens is 584 g/mol. The topological polar surface area (TPSA) is 155 Å². The summed E-state index contributed by atoms with van der Waals surface area (Å²) < 4.78 is 5.40. The maximum atomic E-state index is 13.9. The zero-order valence-electron chi connectivity index (χ0n) is 27.1. The number of carbonyl (C=O) groups is 4. The Morgan fingerprint density at radius 3 is 2.22 bits per heavy atom. The molecule has 1 fully saturated rings. The van der Waals surface area contributed by atoms with E-state index in [1.807, 2.05) is 68.4 Å². The fourth-order valence-corrected chi connectivity index (χ4v) is 5.97. The highest BCUT2D eigenvalue weighted by Crippen LogP contribution is 2.17. The van der Waals surface area contributed by atoms with Crippen LogP contribution >= 0.6 is 0 Å². The van der Waals surface area contributed by atoms with Gasteiger partial charge in [-0.1, -0.05) is 68.4 Å². The van der Waals surface area contributed by atoms with Crippen molar-refractivity contribution in [3.63, 3.8) is 0 Å². The third-order valence-electron chi connectivity index (χ3n) is 8.54. The number of hydrogen-bond acceptors (Lipinski definition) is 7. The van der Waals surface area contributed by atoms with Gasteiger partial charge in [-0.25, -0.2) is 0 Å². The largest absolute Gasteiger partial charge is 0.378 e. The predicted octanol–water partition coefficient (Wildman–Crippen LogP) is 1.43. The molecule has 4 atom stereocenters. The second-order valence-corrected chi connectivity index (χ2v) is 12.6. The summed E-state index contributed by atoms with van der Waals surface area (Å²) in [5.41, 5.74) is 8.84. The number of morpholine rings is 1. The SMILES string of the molecule is CC(C)C[C@@H](NC(=O)[C@@H](Cc1ccccc1)NC(=O)[C@@H]1Cc2ccccc2CN1)C(=O)N[C@H](CCCCN)C(=O)N1CCOCC1. The highest BCUT2D eigenvalue weighted by Gasteiger charge is 2.33. The van der Waals surface area contributed by atoms with E-state index in [4.69, 9.17) is 10.5 Å². The number of fused-ring (bicyclic) bond motifs is 1. The van der Waals surface area contributed by atoms with Gasteiger partial charge < -0.3 is 36.6 Å². The lowest BCUT2D eigenvalue weighted by Crippen LogP contribution is -2.59. The maximum absolute atomic E-state index is 13.9. The minimum Gasteiger partial charge on any atom is -0.378 e. The Morgan fingerprint density at radius 2 is 1.52 bits per heavy atom. The van der Waals surface area contributed by atoms with Gasteiger partial charge in [0.15, 0.2) is 0 Å². The summed E-state index contributed by atoms with van der Waals surface area (Å²) in [5.74, 6) is -1.22. The predicted molar refractivity (Wildman–Crippen MR) is 176 cm³/mol. The van der Waals surface area contributed by atoms with Crippen molar-refractivity contribution in [2.75, 3.05) is 32.8 Å². The van der Waals surface area contributed by atoms with E-state index < -0.39 is 36.0 Å². The maximum Gasteiger partial charge on any atom is 0.245 e. The van der Waals surface area contributed by atoms with E-state index in [9.17, 15) is 19.2 Å². The van der Waals surface area contributed by atoms with Crippen molar-refractivity contribution in [3.8, 4) is 0 Å². The van der Waals surface area contributed by atoms with E-state index in [1.54, 1.807) is 4.90 Å². The minimum atomic E-state index is -0.910. The molecule has 0 aliphatic carbocycles. The lowest BCUT2D eigenvalue weighted by molar-refractivity contribution is -0.141. The van der Waals surface area contributed by atoms with Crippen molar-refractivity contribution in [2.24, 2.45) is 11.7 Å². The number of hydrogen-bond donors (Lipinski definition) is 5. The molecule has 0 spiro atoms. The quantitative estimate of drug-likeness (QED) is 0.186. The summed E-state index contributed by atoms with van der Waals surface area (Å²) in [6.45, 7) is 6.86. The lowest BCUT2D eigenvalue weighted by Gasteiger charge is -2.32. The molecule has 11 heteroatoms. The molecule has 250 valence electrons. The molecule has 0 aromatic heterocycles. The highest BCUT2D eigenvalue weighted by molar-refractivity contribution is 5.95. The standard InChI is InChI=1S/C35H50N6O5/c1-24(2)20-30(33(43)38-28(14-8-9-15-36)35(45)41-16-18-46-19-17-41)39-34(44)31(21-25-10-4-3-5-11-25)40-32(42)29-22-26-12-6-7-13-27(26)23-37-29/h3-7,10-13,24,28-31,37H,8-9,14-23,36H2,1-2H3,(H,38,43)(H,39,44)(H,40,42)/t28-,29+,30-,31-/m1/s1. The normalized spacial score (nSPS) is 18.2. The Kier molecular flexibility index (Phi) is 13.5. The molecule has 0 unspecified atom stereocenters. The van der Waals surface area contributed by atoms with Crippen LogP contribution in [0.4, 0.5) is 0 Å². The summed E-state index contributed by atoms with van der Waals surface area (Å²) in [7, 11) is 0. The molecule has 4 rings (SSSR count). The first-order chi connectivity index (χ1) is 22.2. The Hall–Kier alpha value is -3.80. The van der Waals surface area contributed by atoms with Crippen molar-refractivity contribution < 1.29 is 23.9 Å². The number of carbonyl (C=O) groups excluding carboxylic acids is 4. The van der Waals surface area contributed by atoms with Crippen LogP contribution in [0.15, 0.2) is 54.6 Å². The Bertz CT molecular complexity index is 1300. The molecule has 2 aliphatic heterocycles. The monoisotopic (exact) mass is 634 g/mol. The van der Waals surface area contributed by atoms with Gasteiger partial charge in [-0.15, -0.1) is 0 Å². The van der Waals surface area contributed by atoms with Gasteiger partial charge in [0, 0.05) is 26.1 Å².